The molecule has 0 saturated heterocycles. The Kier molecular flexibility index (Phi) is 5.45. The van der Waals surface area contributed by atoms with E-state index in [1.54, 1.807) is 39.0 Å². The Hall–Kier alpha value is -1.21. The summed E-state index contributed by atoms with van der Waals surface area (Å²) >= 11 is -2.95. The van der Waals surface area contributed by atoms with E-state index in [0.29, 0.717) is 5.92 Å². The molecule has 2 aromatic carbocycles. The van der Waals surface area contributed by atoms with Crippen LogP contribution in [0.4, 0.5) is 0 Å². The van der Waals surface area contributed by atoms with Gasteiger partial charge in [-0.25, -0.2) is 0 Å². The predicted molar refractivity (Wildman–Crippen MR) is 131 cm³/mol. The molecule has 0 aliphatic heterocycles. The maximum atomic E-state index is 2.73. The van der Waals surface area contributed by atoms with Crippen LogP contribution in [0, 0.1) is 5.92 Å². The van der Waals surface area contributed by atoms with E-state index in [-0.39, 0.29) is 3.17 Å². The molecule has 0 aromatic heterocycles. The number of hydrogen-bond acceptors (Lipinski definition) is 0. The van der Waals surface area contributed by atoms with Gasteiger partial charge in [0.15, 0.2) is 0 Å². The van der Waals surface area contributed by atoms with Crippen LogP contribution in [0.25, 0.3) is 16.3 Å². The van der Waals surface area contributed by atoms with Crippen LogP contribution in [-0.4, -0.2) is 0 Å². The fraction of sp³-hybridized carbons (Fsp3) is 0.448. The fourth-order valence-corrected chi connectivity index (χ4v) is 22.6. The van der Waals surface area contributed by atoms with Crippen molar-refractivity contribution in [1.82, 2.24) is 0 Å². The molecule has 0 N–H and O–H groups in total. The summed E-state index contributed by atoms with van der Waals surface area (Å²) in [5, 5.41) is 2.78. The summed E-state index contributed by atoms with van der Waals surface area (Å²) in [4.78, 5) is 0. The van der Waals surface area contributed by atoms with Crippen molar-refractivity contribution >= 4 is 16.3 Å². The van der Waals surface area contributed by atoms with E-state index in [1.165, 1.54) is 23.6 Å². The number of fused-ring (bicyclic) bond motifs is 2. The van der Waals surface area contributed by atoms with Crippen LogP contribution in [0.3, 0.4) is 0 Å². The molecular formula is C29H38Hf. The summed E-state index contributed by atoms with van der Waals surface area (Å²) in [5.74, 6) is 0.627. The molecule has 0 bridgehead atoms. The molecular weight excluding hydrogens is 527 g/mol. The summed E-state index contributed by atoms with van der Waals surface area (Å²) in [6, 6.07) is 13.9. The van der Waals surface area contributed by atoms with Crippen LogP contribution in [0.15, 0.2) is 62.0 Å². The normalized spacial score (nSPS) is 19.9. The molecule has 1 atom stereocenters. The Balaban J connectivity index is 1.96. The summed E-state index contributed by atoms with van der Waals surface area (Å²) in [5.41, 5.74) is 11.3. The Morgan fingerprint density at radius 2 is 1.47 bits per heavy atom. The average Bonchev–Trinajstić information content (AvgIpc) is 3.18. The van der Waals surface area contributed by atoms with Crippen LogP contribution in [0.1, 0.15) is 66.0 Å². The van der Waals surface area contributed by atoms with Crippen LogP contribution >= 0.6 is 0 Å². The van der Waals surface area contributed by atoms with Gasteiger partial charge in [0.1, 0.15) is 0 Å². The van der Waals surface area contributed by atoms with Gasteiger partial charge in [0.05, 0.1) is 0 Å². The molecule has 0 amide bonds. The fourth-order valence-electron chi connectivity index (χ4n) is 6.29. The van der Waals surface area contributed by atoms with Gasteiger partial charge in [-0.2, -0.15) is 0 Å². The van der Waals surface area contributed by atoms with Crippen LogP contribution in [0.2, 0.25) is 12.5 Å². The van der Waals surface area contributed by atoms with Crippen molar-refractivity contribution in [1.29, 1.82) is 0 Å². The third-order valence-electron chi connectivity index (χ3n) is 9.25. The molecule has 0 heterocycles. The van der Waals surface area contributed by atoms with E-state index in [1.807, 2.05) is 3.33 Å². The number of allylic oxidation sites excluding steroid dienone is 6. The Bertz CT molecular complexity index is 1110. The maximum absolute atomic E-state index is 2.95. The molecule has 0 spiro atoms. The molecule has 0 nitrogen and oxygen atoms in total. The number of rotatable bonds is 4. The SMILES string of the molecule is CCC(C)C1=[C]([Hf]([CH3])([CH3])[C]2(C)C(C)=C(C)C(C)=C2C)Cc2cc3ccccc3cc21. The van der Waals surface area contributed by atoms with E-state index in [4.69, 9.17) is 0 Å². The zero-order valence-electron chi connectivity index (χ0n) is 20.5. The van der Waals surface area contributed by atoms with Gasteiger partial charge in [-0.1, -0.05) is 0 Å². The molecule has 2 aromatic rings. The molecule has 0 saturated carbocycles. The zero-order valence-corrected chi connectivity index (χ0v) is 24.0. The molecule has 30 heavy (non-hydrogen) atoms. The van der Waals surface area contributed by atoms with Gasteiger partial charge in [-0.3, -0.25) is 0 Å². The van der Waals surface area contributed by atoms with Crippen molar-refractivity contribution in [3.63, 3.8) is 0 Å². The first-order valence-corrected chi connectivity index (χ1v) is 22.4. The first-order chi connectivity index (χ1) is 14.1. The van der Waals surface area contributed by atoms with Crippen molar-refractivity contribution in [2.75, 3.05) is 0 Å². The Morgan fingerprint density at radius 1 is 0.933 bits per heavy atom. The van der Waals surface area contributed by atoms with Crippen LogP contribution in [-0.2, 0) is 26.4 Å². The van der Waals surface area contributed by atoms with Crippen molar-refractivity contribution in [2.45, 2.75) is 73.8 Å². The topological polar surface area (TPSA) is 0 Å². The second-order valence-corrected chi connectivity index (χ2v) is 27.9. The Morgan fingerprint density at radius 3 is 2.00 bits per heavy atom. The molecule has 4 rings (SSSR count). The molecule has 2 aliphatic carbocycles. The van der Waals surface area contributed by atoms with Gasteiger partial charge < -0.3 is 0 Å². The van der Waals surface area contributed by atoms with Gasteiger partial charge in [-0.05, 0) is 0 Å². The van der Waals surface area contributed by atoms with Gasteiger partial charge in [0, 0.05) is 0 Å². The minimum absolute atomic E-state index is 0.288. The quantitative estimate of drug-likeness (QED) is 0.325. The van der Waals surface area contributed by atoms with E-state index in [2.05, 4.69) is 94.2 Å². The zero-order chi connectivity index (χ0) is 22.0. The van der Waals surface area contributed by atoms with E-state index < -0.39 is 20.0 Å². The summed E-state index contributed by atoms with van der Waals surface area (Å²) in [7, 11) is 0. The summed E-state index contributed by atoms with van der Waals surface area (Å²) < 4.78 is 7.63. The van der Waals surface area contributed by atoms with E-state index >= 15 is 0 Å². The van der Waals surface area contributed by atoms with Crippen molar-refractivity contribution in [3.8, 4) is 0 Å². The number of hydrogen-bond donors (Lipinski definition) is 0. The van der Waals surface area contributed by atoms with Gasteiger partial charge >= 0.3 is 189 Å². The van der Waals surface area contributed by atoms with Crippen molar-refractivity contribution in [2.24, 2.45) is 5.92 Å². The van der Waals surface area contributed by atoms with Gasteiger partial charge in [0.25, 0.3) is 0 Å². The minimum atomic E-state index is -2.95. The second kappa shape index (κ2) is 7.44. The first kappa shape index (κ1) is 22.0. The predicted octanol–water partition coefficient (Wildman–Crippen LogP) is 9.27. The van der Waals surface area contributed by atoms with Crippen LogP contribution < -0.4 is 0 Å². The Labute approximate surface area is 188 Å². The molecule has 0 radical (unpaired) electrons. The second-order valence-electron chi connectivity index (χ2n) is 10.5. The molecule has 1 heteroatoms. The molecule has 2 aliphatic rings. The van der Waals surface area contributed by atoms with Crippen LogP contribution in [0.5, 0.6) is 0 Å². The summed E-state index contributed by atoms with van der Waals surface area (Å²) in [6.07, 6.45) is 2.40. The third kappa shape index (κ3) is 2.87. The first-order valence-electron chi connectivity index (χ1n) is 11.7. The van der Waals surface area contributed by atoms with E-state index in [0.717, 1.165) is 0 Å². The third-order valence-corrected chi connectivity index (χ3v) is 28.0. The van der Waals surface area contributed by atoms with Crippen molar-refractivity contribution < 1.29 is 20.0 Å². The average molecular weight is 565 g/mol. The number of benzene rings is 2. The molecule has 0 fully saturated rings. The molecule has 158 valence electrons. The van der Waals surface area contributed by atoms with E-state index in [9.17, 15) is 0 Å². The molecule has 1 unspecified atom stereocenters. The van der Waals surface area contributed by atoms with Crippen molar-refractivity contribution in [3.05, 3.63) is 73.1 Å². The summed E-state index contributed by atoms with van der Waals surface area (Å²) in [6.45, 7) is 17.0. The monoisotopic (exact) mass is 566 g/mol. The van der Waals surface area contributed by atoms with Gasteiger partial charge in [0.2, 0.25) is 0 Å². The van der Waals surface area contributed by atoms with Gasteiger partial charge in [-0.15, -0.1) is 0 Å². The standard InChI is InChI=1S/C17H17.C10H15.2CH3.Hf/c1-3-12(2)16-9-8-15-10-13-6-4-5-7-14(13)11-17(15)16;1-6-7(2)9(4)10(5)8(6)3;;;/h4-7,10-12H,3,8H2,1-2H3;1-5H3;2*1H3;.